The van der Waals surface area contributed by atoms with Gasteiger partial charge in [-0.15, -0.1) is 0 Å². The molecule has 0 aromatic carbocycles. The molecule has 128 valence electrons. The number of hydrogen-bond acceptors (Lipinski definition) is 6. The van der Waals surface area contributed by atoms with Crippen LogP contribution in [0.3, 0.4) is 0 Å². The van der Waals surface area contributed by atoms with E-state index in [2.05, 4.69) is 10.3 Å². The Morgan fingerprint density at radius 1 is 1.54 bits per heavy atom. The number of carbonyl (C=O) groups is 1. The zero-order valence-electron chi connectivity index (χ0n) is 13.6. The first-order chi connectivity index (χ1) is 11.2. The molecule has 1 aromatic rings. The molecule has 8 heteroatoms. The van der Waals surface area contributed by atoms with Crippen molar-refractivity contribution in [3.63, 3.8) is 0 Å². The average Bonchev–Trinajstić information content (AvgIpc) is 2.89. The quantitative estimate of drug-likeness (QED) is 0.699. The summed E-state index contributed by atoms with van der Waals surface area (Å²) < 4.78 is 0.339. The van der Waals surface area contributed by atoms with Crippen LogP contribution in [0, 0.1) is 5.41 Å². The van der Waals surface area contributed by atoms with E-state index in [1.807, 2.05) is 36.4 Å². The summed E-state index contributed by atoms with van der Waals surface area (Å²) in [5.74, 6) is -0.406. The van der Waals surface area contributed by atoms with Crippen molar-refractivity contribution in [1.82, 2.24) is 15.2 Å². The summed E-state index contributed by atoms with van der Waals surface area (Å²) >= 11 is 7.29. The summed E-state index contributed by atoms with van der Waals surface area (Å²) in [6, 6.07) is 0. The van der Waals surface area contributed by atoms with Crippen LogP contribution in [0.5, 0.6) is 0 Å². The smallest absolute Gasteiger partial charge is 0.280 e. The zero-order chi connectivity index (χ0) is 17.9. The molecule has 0 saturated carbocycles. The Balaban J connectivity index is 2.32. The predicted octanol–water partition coefficient (Wildman–Crippen LogP) is 2.67. The van der Waals surface area contributed by atoms with Gasteiger partial charge in [0.2, 0.25) is 0 Å². The predicted molar refractivity (Wildman–Crippen MR) is 97.5 cm³/mol. The number of nitrogens with zero attached hydrogens (tertiary/aromatic N) is 2. The Morgan fingerprint density at radius 2 is 2.25 bits per heavy atom. The first-order valence-corrected chi connectivity index (χ1v) is 8.42. The minimum atomic E-state index is -1.01. The van der Waals surface area contributed by atoms with E-state index in [1.54, 1.807) is 13.8 Å². The van der Waals surface area contributed by atoms with Crippen LogP contribution >= 0.6 is 22.9 Å². The third-order valence-corrected chi connectivity index (χ3v) is 4.44. The molecule has 1 aliphatic heterocycles. The van der Waals surface area contributed by atoms with Gasteiger partial charge >= 0.3 is 0 Å². The maximum absolute atomic E-state index is 12.2. The molecule has 6 nitrogen and oxygen atoms in total. The standard InChI is InChI=1S/C16H19ClN4O2S/c1-16(2,23)9-19-14(22)15-20-12(13(17)24-15)10(8-18)11-6-4-5-7-21(11)3/h4-8,18,23H,9H2,1-3H3,(H,19,22)/b11-10+,18-8?. The molecular weight excluding hydrogens is 348 g/mol. The number of allylic oxidation sites excluding steroid dienone is 4. The van der Waals surface area contributed by atoms with Gasteiger partial charge in [0.15, 0.2) is 5.01 Å². The Kier molecular flexibility index (Phi) is 5.58. The Bertz CT molecular complexity index is 744. The molecule has 0 unspecified atom stereocenters. The van der Waals surface area contributed by atoms with Gasteiger partial charge in [-0.05, 0) is 26.0 Å². The summed E-state index contributed by atoms with van der Waals surface area (Å²) in [5, 5.41) is 20.2. The second-order valence-corrected chi connectivity index (χ2v) is 7.49. The number of aliphatic hydroxyl groups is 1. The molecule has 0 bridgehead atoms. The van der Waals surface area contributed by atoms with Gasteiger partial charge in [0.05, 0.1) is 11.3 Å². The van der Waals surface area contributed by atoms with Crippen LogP contribution in [0.1, 0.15) is 29.3 Å². The van der Waals surface area contributed by atoms with Crippen LogP contribution in [-0.4, -0.2) is 46.3 Å². The molecule has 1 amide bonds. The van der Waals surface area contributed by atoms with Gasteiger partial charge in [-0.3, -0.25) is 4.79 Å². The number of amides is 1. The van der Waals surface area contributed by atoms with Crippen LogP contribution in [0.25, 0.3) is 5.57 Å². The average molecular weight is 367 g/mol. The number of rotatable bonds is 5. The maximum Gasteiger partial charge on any atom is 0.280 e. The number of carbonyl (C=O) groups excluding carboxylic acids is 1. The highest BCUT2D eigenvalue weighted by atomic mass is 35.5. The van der Waals surface area contributed by atoms with Crippen molar-refractivity contribution in [2.24, 2.45) is 0 Å². The molecule has 0 atom stereocenters. The van der Waals surface area contributed by atoms with Crippen molar-refractivity contribution in [2.75, 3.05) is 13.6 Å². The molecule has 3 N–H and O–H groups in total. The first kappa shape index (κ1) is 18.4. The second kappa shape index (κ2) is 7.29. The number of halogens is 1. The number of thiazole rings is 1. The van der Waals surface area contributed by atoms with Gasteiger partial charge in [-0.1, -0.05) is 29.0 Å². The minimum Gasteiger partial charge on any atom is -0.389 e. The van der Waals surface area contributed by atoms with E-state index in [-0.39, 0.29) is 11.6 Å². The topological polar surface area (TPSA) is 89.3 Å². The van der Waals surface area contributed by atoms with Crippen molar-refractivity contribution in [3.05, 3.63) is 45.2 Å². The Labute approximate surface area is 149 Å². The summed E-state index contributed by atoms with van der Waals surface area (Å²) in [5.41, 5.74) is 0.680. The zero-order valence-corrected chi connectivity index (χ0v) is 15.2. The van der Waals surface area contributed by atoms with Crippen molar-refractivity contribution in [3.8, 4) is 0 Å². The van der Waals surface area contributed by atoms with Crippen molar-refractivity contribution in [2.45, 2.75) is 19.4 Å². The molecule has 1 aliphatic rings. The minimum absolute atomic E-state index is 0.104. The lowest BCUT2D eigenvalue weighted by atomic mass is 10.1. The van der Waals surface area contributed by atoms with Gasteiger partial charge in [-0.25, -0.2) is 4.98 Å². The maximum atomic E-state index is 12.2. The lowest BCUT2D eigenvalue weighted by Crippen LogP contribution is -2.38. The SMILES string of the molecule is CN1C=CC=C/C1=C(/C=N)c1nc(C(=O)NCC(C)(C)O)sc1Cl. The van der Waals surface area contributed by atoms with E-state index in [4.69, 9.17) is 17.0 Å². The van der Waals surface area contributed by atoms with Gasteiger partial charge < -0.3 is 20.7 Å². The fourth-order valence-corrected chi connectivity index (χ4v) is 3.09. The number of aromatic nitrogens is 1. The summed E-state index contributed by atoms with van der Waals surface area (Å²) in [6.07, 6.45) is 8.62. The molecule has 0 spiro atoms. The largest absolute Gasteiger partial charge is 0.389 e. The number of likely N-dealkylation sites (N-methyl/N-ethyl adjacent to an activating group) is 1. The molecule has 1 aromatic heterocycles. The van der Waals surface area contributed by atoms with Gasteiger partial charge in [0.1, 0.15) is 10.0 Å². The number of nitrogens with one attached hydrogen (secondary N) is 2. The third kappa shape index (κ3) is 4.31. The van der Waals surface area contributed by atoms with Gasteiger partial charge in [0.25, 0.3) is 5.91 Å². The molecule has 24 heavy (non-hydrogen) atoms. The molecule has 2 rings (SSSR count). The van der Waals surface area contributed by atoms with Crippen molar-refractivity contribution < 1.29 is 9.90 Å². The lowest BCUT2D eigenvalue weighted by Gasteiger charge is -2.20. The Morgan fingerprint density at radius 3 is 2.83 bits per heavy atom. The summed E-state index contributed by atoms with van der Waals surface area (Å²) in [6.45, 7) is 3.31. The number of hydrogen-bond donors (Lipinski definition) is 3. The third-order valence-electron chi connectivity index (χ3n) is 3.19. The fourth-order valence-electron chi connectivity index (χ4n) is 2.00. The van der Waals surface area contributed by atoms with Crippen molar-refractivity contribution >= 4 is 40.6 Å². The van der Waals surface area contributed by atoms with Crippen LogP contribution in [0.15, 0.2) is 30.1 Å². The van der Waals surface area contributed by atoms with E-state index in [0.29, 0.717) is 15.6 Å². The molecule has 0 aliphatic carbocycles. The molecule has 0 fully saturated rings. The highest BCUT2D eigenvalue weighted by molar-refractivity contribution is 7.17. The monoisotopic (exact) mass is 366 g/mol. The Hall–Kier alpha value is -1.96. The van der Waals surface area contributed by atoms with E-state index in [9.17, 15) is 9.90 Å². The highest BCUT2D eigenvalue weighted by Gasteiger charge is 2.22. The summed E-state index contributed by atoms with van der Waals surface area (Å²) in [4.78, 5) is 18.3. The molecule has 0 saturated heterocycles. The van der Waals surface area contributed by atoms with Crippen molar-refractivity contribution in [1.29, 1.82) is 5.41 Å². The highest BCUT2D eigenvalue weighted by Crippen LogP contribution is 2.32. The first-order valence-electron chi connectivity index (χ1n) is 7.22. The normalized spacial score (nSPS) is 16.3. The van der Waals surface area contributed by atoms with Crippen LogP contribution in [0.2, 0.25) is 4.34 Å². The van der Waals surface area contributed by atoms with Gasteiger partial charge in [0, 0.05) is 31.6 Å². The van der Waals surface area contributed by atoms with Crippen LogP contribution < -0.4 is 5.32 Å². The van der Waals surface area contributed by atoms with E-state index in [1.165, 1.54) is 6.21 Å². The van der Waals surface area contributed by atoms with Gasteiger partial charge in [-0.2, -0.15) is 0 Å². The second-order valence-electron chi connectivity index (χ2n) is 5.89. The van der Waals surface area contributed by atoms with Crippen LogP contribution in [0.4, 0.5) is 0 Å². The fraction of sp³-hybridized carbons (Fsp3) is 0.312. The lowest BCUT2D eigenvalue weighted by molar-refractivity contribution is 0.0694. The molecular formula is C16H19ClN4O2S. The summed E-state index contributed by atoms with van der Waals surface area (Å²) in [7, 11) is 1.86. The van der Waals surface area contributed by atoms with E-state index < -0.39 is 11.5 Å². The van der Waals surface area contributed by atoms with E-state index >= 15 is 0 Å². The molecule has 2 heterocycles. The van der Waals surface area contributed by atoms with E-state index in [0.717, 1.165) is 17.0 Å². The molecule has 0 radical (unpaired) electrons. The van der Waals surface area contributed by atoms with Crippen LogP contribution in [-0.2, 0) is 0 Å².